The predicted octanol–water partition coefficient (Wildman–Crippen LogP) is 2.29. The van der Waals surface area contributed by atoms with Gasteiger partial charge in [0.05, 0.1) is 0 Å². The molecule has 0 aliphatic heterocycles. The zero-order chi connectivity index (χ0) is 9.30. The lowest BCUT2D eigenvalue weighted by Gasteiger charge is -2.08. The third-order valence-corrected chi connectivity index (χ3v) is 1.77. The summed E-state index contributed by atoms with van der Waals surface area (Å²) >= 11 is 0. The summed E-state index contributed by atoms with van der Waals surface area (Å²) in [6.07, 6.45) is 0. The van der Waals surface area contributed by atoms with Gasteiger partial charge < -0.3 is 5.73 Å². The van der Waals surface area contributed by atoms with E-state index in [2.05, 4.69) is 0 Å². The first-order valence-electron chi connectivity index (χ1n) is 3.73. The van der Waals surface area contributed by atoms with Crippen molar-refractivity contribution < 1.29 is 8.78 Å². The maximum atomic E-state index is 13.0. The van der Waals surface area contributed by atoms with Gasteiger partial charge in [-0.1, -0.05) is 0 Å². The van der Waals surface area contributed by atoms with Gasteiger partial charge in [0.25, 0.3) is 0 Å². The molecule has 12 heavy (non-hydrogen) atoms. The van der Waals surface area contributed by atoms with Crippen LogP contribution in [-0.4, -0.2) is 0 Å². The van der Waals surface area contributed by atoms with Crippen LogP contribution < -0.4 is 5.73 Å². The molecule has 1 rings (SSSR count). The summed E-state index contributed by atoms with van der Waals surface area (Å²) in [4.78, 5) is 0. The van der Waals surface area contributed by atoms with E-state index in [1.165, 1.54) is 6.92 Å². The van der Waals surface area contributed by atoms with Gasteiger partial charge in [-0.25, -0.2) is 8.78 Å². The van der Waals surface area contributed by atoms with Gasteiger partial charge in [0.1, 0.15) is 11.6 Å². The topological polar surface area (TPSA) is 26.0 Å². The van der Waals surface area contributed by atoms with E-state index < -0.39 is 17.7 Å². The molecule has 0 heterocycles. The Labute approximate surface area is 70.2 Å². The van der Waals surface area contributed by atoms with Crippen molar-refractivity contribution in [2.24, 2.45) is 5.73 Å². The van der Waals surface area contributed by atoms with Crippen molar-refractivity contribution in [1.82, 2.24) is 0 Å². The second kappa shape index (κ2) is 3.19. The van der Waals surface area contributed by atoms with Crippen molar-refractivity contribution in [3.63, 3.8) is 0 Å². The van der Waals surface area contributed by atoms with Crippen molar-refractivity contribution in [1.29, 1.82) is 0 Å². The summed E-state index contributed by atoms with van der Waals surface area (Å²) in [6, 6.07) is 1.84. The molecule has 0 saturated carbocycles. The molecule has 0 fully saturated rings. The van der Waals surface area contributed by atoms with Crippen molar-refractivity contribution in [2.75, 3.05) is 0 Å². The van der Waals surface area contributed by atoms with Crippen LogP contribution in [0.25, 0.3) is 0 Å². The van der Waals surface area contributed by atoms with E-state index in [4.69, 9.17) is 5.73 Å². The number of nitrogens with two attached hydrogens (primary N) is 1. The lowest BCUT2D eigenvalue weighted by Crippen LogP contribution is -2.08. The normalized spacial score (nSPS) is 13.1. The quantitative estimate of drug-likeness (QED) is 0.689. The van der Waals surface area contributed by atoms with Gasteiger partial charge in [0.15, 0.2) is 0 Å². The zero-order valence-electron chi connectivity index (χ0n) is 7.07. The summed E-state index contributed by atoms with van der Waals surface area (Å²) in [7, 11) is 0. The van der Waals surface area contributed by atoms with Crippen LogP contribution in [0.5, 0.6) is 0 Å². The molecule has 2 N–H and O–H groups in total. The summed E-state index contributed by atoms with van der Waals surface area (Å²) < 4.78 is 25.9. The van der Waals surface area contributed by atoms with Crippen molar-refractivity contribution in [3.05, 3.63) is 34.9 Å². The zero-order valence-corrected chi connectivity index (χ0v) is 7.07. The van der Waals surface area contributed by atoms with Gasteiger partial charge in [-0.3, -0.25) is 0 Å². The molecular weight excluding hydrogens is 160 g/mol. The number of hydrogen-bond donors (Lipinski definition) is 1. The average molecular weight is 171 g/mol. The van der Waals surface area contributed by atoms with Gasteiger partial charge in [-0.15, -0.1) is 0 Å². The van der Waals surface area contributed by atoms with Crippen LogP contribution in [0.4, 0.5) is 8.78 Å². The SMILES string of the molecule is Cc1cc(F)c([C@H](C)N)cc1F. The number of benzene rings is 1. The first kappa shape index (κ1) is 9.13. The van der Waals surface area contributed by atoms with Gasteiger partial charge in [0, 0.05) is 11.6 Å². The fraction of sp³-hybridized carbons (Fsp3) is 0.333. The van der Waals surface area contributed by atoms with Crippen molar-refractivity contribution in [2.45, 2.75) is 19.9 Å². The average Bonchev–Trinajstić information content (AvgIpc) is 1.96. The van der Waals surface area contributed by atoms with Crippen LogP contribution in [0, 0.1) is 18.6 Å². The van der Waals surface area contributed by atoms with Gasteiger partial charge >= 0.3 is 0 Å². The molecule has 1 aromatic carbocycles. The van der Waals surface area contributed by atoms with E-state index in [-0.39, 0.29) is 5.56 Å². The second-order valence-corrected chi connectivity index (χ2v) is 2.91. The number of aryl methyl sites for hydroxylation is 1. The molecule has 66 valence electrons. The van der Waals surface area contributed by atoms with E-state index in [1.54, 1.807) is 6.92 Å². The third-order valence-electron chi connectivity index (χ3n) is 1.77. The lowest BCUT2D eigenvalue weighted by atomic mass is 10.1. The fourth-order valence-electron chi connectivity index (χ4n) is 1.01. The van der Waals surface area contributed by atoms with Crippen molar-refractivity contribution in [3.8, 4) is 0 Å². The lowest BCUT2D eigenvalue weighted by molar-refractivity contribution is 0.566. The van der Waals surface area contributed by atoms with Gasteiger partial charge in [-0.05, 0) is 31.5 Å². The molecule has 0 aliphatic rings. The van der Waals surface area contributed by atoms with E-state index >= 15 is 0 Å². The molecule has 0 aliphatic carbocycles. The van der Waals surface area contributed by atoms with Crippen LogP contribution in [0.1, 0.15) is 24.1 Å². The molecule has 0 unspecified atom stereocenters. The highest BCUT2D eigenvalue weighted by Gasteiger charge is 2.09. The summed E-state index contributed by atoms with van der Waals surface area (Å²) in [5.41, 5.74) is 5.95. The van der Waals surface area contributed by atoms with Crippen LogP contribution in [0.2, 0.25) is 0 Å². The monoisotopic (exact) mass is 171 g/mol. The van der Waals surface area contributed by atoms with Crippen LogP contribution in [0.3, 0.4) is 0 Å². The second-order valence-electron chi connectivity index (χ2n) is 2.91. The molecule has 0 bridgehead atoms. The Balaban J connectivity index is 3.23. The predicted molar refractivity (Wildman–Crippen MR) is 43.7 cm³/mol. The fourth-order valence-corrected chi connectivity index (χ4v) is 1.01. The largest absolute Gasteiger partial charge is 0.324 e. The molecule has 0 amide bonds. The maximum Gasteiger partial charge on any atom is 0.128 e. The number of hydrogen-bond acceptors (Lipinski definition) is 1. The standard InChI is InChI=1S/C9H11F2N/c1-5-3-9(11)7(6(2)12)4-8(5)10/h3-4,6H,12H2,1-2H3/t6-/m0/s1. The highest BCUT2D eigenvalue weighted by Crippen LogP contribution is 2.18. The van der Waals surface area contributed by atoms with Gasteiger partial charge in [-0.2, -0.15) is 0 Å². The number of rotatable bonds is 1. The minimum Gasteiger partial charge on any atom is -0.324 e. The third kappa shape index (κ3) is 1.61. The summed E-state index contributed by atoms with van der Waals surface area (Å²) in [6.45, 7) is 3.14. The van der Waals surface area contributed by atoms with Crippen LogP contribution in [0.15, 0.2) is 12.1 Å². The molecule has 0 aromatic heterocycles. The van der Waals surface area contributed by atoms with Gasteiger partial charge in [0.2, 0.25) is 0 Å². The van der Waals surface area contributed by atoms with Crippen LogP contribution >= 0.6 is 0 Å². The van der Waals surface area contributed by atoms with E-state index in [1.807, 2.05) is 0 Å². The minimum absolute atomic E-state index is 0.220. The molecule has 1 atom stereocenters. The number of halogens is 2. The highest BCUT2D eigenvalue weighted by molar-refractivity contribution is 5.26. The molecule has 0 radical (unpaired) electrons. The first-order valence-corrected chi connectivity index (χ1v) is 3.73. The molecular formula is C9H11F2N. The maximum absolute atomic E-state index is 13.0. The Morgan fingerprint density at radius 3 is 2.33 bits per heavy atom. The molecule has 0 spiro atoms. The molecule has 0 saturated heterocycles. The van der Waals surface area contributed by atoms with Crippen molar-refractivity contribution >= 4 is 0 Å². The van der Waals surface area contributed by atoms with Crippen LogP contribution in [-0.2, 0) is 0 Å². The van der Waals surface area contributed by atoms with E-state index in [0.717, 1.165) is 12.1 Å². The Kier molecular flexibility index (Phi) is 2.43. The van der Waals surface area contributed by atoms with E-state index in [9.17, 15) is 8.78 Å². The van der Waals surface area contributed by atoms with E-state index in [0.29, 0.717) is 5.56 Å². The Hall–Kier alpha value is -0.960. The molecule has 1 nitrogen and oxygen atoms in total. The Bertz CT molecular complexity index is 295. The summed E-state index contributed by atoms with van der Waals surface area (Å²) in [5.74, 6) is -0.854. The Morgan fingerprint density at radius 1 is 1.25 bits per heavy atom. The molecule has 1 aromatic rings. The molecule has 3 heteroatoms. The Morgan fingerprint density at radius 2 is 1.83 bits per heavy atom. The first-order chi connectivity index (χ1) is 5.52. The minimum atomic E-state index is -0.472. The highest BCUT2D eigenvalue weighted by atomic mass is 19.1. The summed E-state index contributed by atoms with van der Waals surface area (Å²) in [5, 5.41) is 0. The smallest absolute Gasteiger partial charge is 0.128 e.